The molecule has 1 aliphatic rings. The van der Waals surface area contributed by atoms with Gasteiger partial charge in [0.1, 0.15) is 5.60 Å². The van der Waals surface area contributed by atoms with Gasteiger partial charge in [0.25, 0.3) is 0 Å². The van der Waals surface area contributed by atoms with Gasteiger partial charge in [-0.25, -0.2) is 4.79 Å². The van der Waals surface area contributed by atoms with E-state index in [2.05, 4.69) is 36.5 Å². The number of amides is 1. The molecule has 1 aromatic carbocycles. The minimum atomic E-state index is -0.437. The molecule has 0 aromatic heterocycles. The van der Waals surface area contributed by atoms with Gasteiger partial charge in [0.2, 0.25) is 0 Å². The van der Waals surface area contributed by atoms with Crippen molar-refractivity contribution in [1.29, 1.82) is 0 Å². The van der Waals surface area contributed by atoms with Crippen LogP contribution in [-0.4, -0.2) is 42.3 Å². The smallest absolute Gasteiger partial charge is 0.410 e. The predicted molar refractivity (Wildman–Crippen MR) is 84.5 cm³/mol. The Balaban J connectivity index is 1.95. The van der Waals surface area contributed by atoms with Crippen molar-refractivity contribution < 1.29 is 9.53 Å². The van der Waals surface area contributed by atoms with Crippen LogP contribution in [0.4, 0.5) is 4.79 Å². The molecular weight excluding hydrogens is 264 g/mol. The van der Waals surface area contributed by atoms with Gasteiger partial charge in [-0.15, -0.1) is 0 Å². The van der Waals surface area contributed by atoms with E-state index in [1.165, 1.54) is 11.1 Å². The van der Waals surface area contributed by atoms with E-state index in [0.29, 0.717) is 13.1 Å². The highest BCUT2D eigenvalue weighted by Crippen LogP contribution is 2.14. The number of carbonyl (C=O) groups is 1. The summed E-state index contributed by atoms with van der Waals surface area (Å²) in [5.41, 5.74) is 2.20. The van der Waals surface area contributed by atoms with E-state index in [4.69, 9.17) is 4.74 Å². The molecule has 0 spiro atoms. The molecule has 0 aliphatic carbocycles. The fraction of sp³-hybridized carbons (Fsp3) is 0.588. The summed E-state index contributed by atoms with van der Waals surface area (Å²) in [6.45, 7) is 10.1. The maximum atomic E-state index is 12.2. The zero-order valence-corrected chi connectivity index (χ0v) is 13.5. The lowest BCUT2D eigenvalue weighted by molar-refractivity contribution is 0.0195. The number of aryl methyl sites for hydroxylation is 1. The molecule has 1 heterocycles. The molecule has 0 radical (unpaired) electrons. The van der Waals surface area contributed by atoms with Crippen LogP contribution in [0.5, 0.6) is 0 Å². The van der Waals surface area contributed by atoms with Crippen molar-refractivity contribution in [2.75, 3.05) is 19.6 Å². The number of nitrogens with zero attached hydrogens (tertiary/aromatic N) is 1. The molecule has 1 fully saturated rings. The molecule has 1 saturated heterocycles. The number of hydrogen-bond donors (Lipinski definition) is 1. The Hall–Kier alpha value is -1.55. The molecule has 21 heavy (non-hydrogen) atoms. The Morgan fingerprint density at radius 3 is 2.76 bits per heavy atom. The van der Waals surface area contributed by atoms with Crippen LogP contribution in [0.1, 0.15) is 31.9 Å². The molecule has 4 heteroatoms. The summed E-state index contributed by atoms with van der Waals surface area (Å²) in [6.07, 6.45) is 0.727. The van der Waals surface area contributed by atoms with E-state index >= 15 is 0 Å². The number of nitrogens with one attached hydrogen (secondary N) is 1. The van der Waals surface area contributed by atoms with E-state index in [1.807, 2.05) is 25.7 Å². The van der Waals surface area contributed by atoms with Gasteiger partial charge in [-0.1, -0.05) is 24.3 Å². The van der Waals surface area contributed by atoms with Gasteiger partial charge in [-0.2, -0.15) is 0 Å². The number of rotatable bonds is 2. The first kappa shape index (κ1) is 15.8. The minimum absolute atomic E-state index is 0.209. The Morgan fingerprint density at radius 1 is 1.38 bits per heavy atom. The maximum Gasteiger partial charge on any atom is 0.410 e. The molecule has 1 amide bonds. The molecule has 1 aliphatic heterocycles. The van der Waals surface area contributed by atoms with E-state index < -0.39 is 5.60 Å². The molecule has 2 rings (SSSR count). The summed E-state index contributed by atoms with van der Waals surface area (Å²) in [5, 5.41) is 3.49. The van der Waals surface area contributed by atoms with Crippen molar-refractivity contribution in [2.24, 2.45) is 0 Å². The van der Waals surface area contributed by atoms with Crippen LogP contribution in [0.3, 0.4) is 0 Å². The quantitative estimate of drug-likeness (QED) is 0.910. The molecule has 4 nitrogen and oxygen atoms in total. The van der Waals surface area contributed by atoms with E-state index in [-0.39, 0.29) is 12.1 Å². The van der Waals surface area contributed by atoms with Crippen molar-refractivity contribution in [2.45, 2.75) is 45.8 Å². The number of carbonyl (C=O) groups excluding carboxylic acids is 1. The SMILES string of the molecule is Cc1ccccc1C[C@@H]1CN(C(=O)OC(C)(C)C)CCN1. The first-order chi connectivity index (χ1) is 9.85. The summed E-state index contributed by atoms with van der Waals surface area (Å²) < 4.78 is 5.46. The third-order valence-electron chi connectivity index (χ3n) is 3.63. The molecule has 0 saturated carbocycles. The lowest BCUT2D eigenvalue weighted by Crippen LogP contribution is -2.54. The van der Waals surface area contributed by atoms with E-state index in [0.717, 1.165) is 13.0 Å². The molecule has 1 aromatic rings. The Bertz CT molecular complexity index is 494. The van der Waals surface area contributed by atoms with Crippen LogP contribution >= 0.6 is 0 Å². The number of hydrogen-bond acceptors (Lipinski definition) is 3. The third-order valence-corrected chi connectivity index (χ3v) is 3.63. The molecule has 116 valence electrons. The maximum absolute atomic E-state index is 12.2. The van der Waals surface area contributed by atoms with Gasteiger partial charge < -0.3 is 15.0 Å². The van der Waals surface area contributed by atoms with Crippen molar-refractivity contribution in [3.05, 3.63) is 35.4 Å². The summed E-state index contributed by atoms with van der Waals surface area (Å²) in [4.78, 5) is 14.0. The van der Waals surface area contributed by atoms with Crippen LogP contribution in [0.25, 0.3) is 0 Å². The molecule has 0 bridgehead atoms. The predicted octanol–water partition coefficient (Wildman–Crippen LogP) is 2.75. The summed E-state index contributed by atoms with van der Waals surface area (Å²) in [5.74, 6) is 0. The van der Waals surface area contributed by atoms with Crippen LogP contribution < -0.4 is 5.32 Å². The van der Waals surface area contributed by atoms with Crippen molar-refractivity contribution in [3.63, 3.8) is 0 Å². The fourth-order valence-electron chi connectivity index (χ4n) is 2.56. The number of ether oxygens (including phenoxy) is 1. The Morgan fingerprint density at radius 2 is 2.10 bits per heavy atom. The highest BCUT2D eigenvalue weighted by Gasteiger charge is 2.27. The van der Waals surface area contributed by atoms with Crippen molar-refractivity contribution in [1.82, 2.24) is 10.2 Å². The van der Waals surface area contributed by atoms with Gasteiger partial charge in [0, 0.05) is 25.7 Å². The molecule has 1 N–H and O–H groups in total. The van der Waals surface area contributed by atoms with Crippen LogP contribution in [0, 0.1) is 6.92 Å². The number of piperazine rings is 1. The average Bonchev–Trinajstić information content (AvgIpc) is 2.40. The fourth-order valence-corrected chi connectivity index (χ4v) is 2.56. The first-order valence-corrected chi connectivity index (χ1v) is 7.61. The van der Waals surface area contributed by atoms with Gasteiger partial charge >= 0.3 is 6.09 Å². The lowest BCUT2D eigenvalue weighted by atomic mass is 10.00. The van der Waals surface area contributed by atoms with Gasteiger partial charge in [0.05, 0.1) is 0 Å². The third kappa shape index (κ3) is 4.74. The zero-order valence-electron chi connectivity index (χ0n) is 13.5. The van der Waals surface area contributed by atoms with Crippen LogP contribution in [0.2, 0.25) is 0 Å². The van der Waals surface area contributed by atoms with Gasteiger partial charge in [-0.3, -0.25) is 0 Å². The number of benzene rings is 1. The highest BCUT2D eigenvalue weighted by atomic mass is 16.6. The summed E-state index contributed by atoms with van der Waals surface area (Å²) >= 11 is 0. The first-order valence-electron chi connectivity index (χ1n) is 7.61. The highest BCUT2D eigenvalue weighted by molar-refractivity contribution is 5.68. The summed E-state index contributed by atoms with van der Waals surface area (Å²) in [6, 6.07) is 8.69. The van der Waals surface area contributed by atoms with Crippen LogP contribution in [0.15, 0.2) is 24.3 Å². The zero-order chi connectivity index (χ0) is 15.5. The molecule has 1 atom stereocenters. The monoisotopic (exact) mass is 290 g/mol. The Labute approximate surface area is 127 Å². The van der Waals surface area contributed by atoms with Crippen molar-refractivity contribution in [3.8, 4) is 0 Å². The normalized spacial score (nSPS) is 19.4. The van der Waals surface area contributed by atoms with E-state index in [1.54, 1.807) is 0 Å². The second-order valence-corrected chi connectivity index (χ2v) is 6.71. The minimum Gasteiger partial charge on any atom is -0.444 e. The Kier molecular flexibility index (Phi) is 4.88. The second-order valence-electron chi connectivity index (χ2n) is 6.71. The lowest BCUT2D eigenvalue weighted by Gasteiger charge is -2.35. The second kappa shape index (κ2) is 6.48. The van der Waals surface area contributed by atoms with Gasteiger partial charge in [0.15, 0.2) is 0 Å². The molecule has 0 unspecified atom stereocenters. The van der Waals surface area contributed by atoms with Crippen molar-refractivity contribution >= 4 is 6.09 Å². The standard InChI is InChI=1S/C17H26N2O2/c1-13-7-5-6-8-14(13)11-15-12-19(10-9-18-15)16(20)21-17(2,3)4/h5-8,15,18H,9-12H2,1-4H3/t15-/m1/s1. The topological polar surface area (TPSA) is 41.6 Å². The van der Waals surface area contributed by atoms with E-state index in [9.17, 15) is 4.79 Å². The van der Waals surface area contributed by atoms with Crippen LogP contribution in [-0.2, 0) is 11.2 Å². The van der Waals surface area contributed by atoms with Gasteiger partial charge in [-0.05, 0) is 45.2 Å². The molecular formula is C17H26N2O2. The largest absolute Gasteiger partial charge is 0.444 e. The average molecular weight is 290 g/mol. The summed E-state index contributed by atoms with van der Waals surface area (Å²) in [7, 11) is 0.